The Morgan fingerprint density at radius 3 is 2.70 bits per heavy atom. The van der Waals surface area contributed by atoms with Gasteiger partial charge in [0, 0.05) is 31.1 Å². The van der Waals surface area contributed by atoms with Gasteiger partial charge in [0.25, 0.3) is 0 Å². The van der Waals surface area contributed by atoms with Crippen LogP contribution in [0.25, 0.3) is 0 Å². The van der Waals surface area contributed by atoms with E-state index in [1.807, 2.05) is 0 Å². The second-order valence-corrected chi connectivity index (χ2v) is 7.10. The molecule has 1 aromatic rings. The zero-order chi connectivity index (χ0) is 17.0. The van der Waals surface area contributed by atoms with Crippen molar-refractivity contribution in [1.29, 1.82) is 0 Å². The first-order valence-corrected chi connectivity index (χ1v) is 8.27. The maximum atomic E-state index is 12.8. The summed E-state index contributed by atoms with van der Waals surface area (Å²) in [4.78, 5) is 14.1. The fourth-order valence-corrected chi connectivity index (χ4v) is 3.44. The lowest BCUT2D eigenvalue weighted by molar-refractivity contribution is -0.121. The molecule has 0 spiro atoms. The van der Waals surface area contributed by atoms with Crippen LogP contribution in [0.4, 0.5) is 4.39 Å². The number of amides is 1. The van der Waals surface area contributed by atoms with Gasteiger partial charge in [-0.3, -0.25) is 4.79 Å². The van der Waals surface area contributed by atoms with Gasteiger partial charge in [-0.15, -0.1) is 0 Å². The van der Waals surface area contributed by atoms with E-state index in [2.05, 4.69) is 36.3 Å². The fraction of sp³-hybridized carbons (Fsp3) is 0.529. The van der Waals surface area contributed by atoms with Crippen LogP contribution in [0.15, 0.2) is 24.3 Å². The number of thiocarbonyl (C=S) groups is 1. The number of halogens is 1. The molecule has 4 nitrogen and oxygen atoms in total. The molecule has 1 saturated heterocycles. The third-order valence-corrected chi connectivity index (χ3v) is 4.36. The van der Waals surface area contributed by atoms with Crippen molar-refractivity contribution in [2.45, 2.75) is 51.7 Å². The van der Waals surface area contributed by atoms with Crippen LogP contribution >= 0.6 is 12.2 Å². The average Bonchev–Trinajstić information content (AvgIpc) is 2.44. The molecule has 1 aliphatic heterocycles. The van der Waals surface area contributed by atoms with Crippen LogP contribution in [0.2, 0.25) is 0 Å². The Bertz CT molecular complexity index is 574. The first-order chi connectivity index (χ1) is 10.8. The Morgan fingerprint density at radius 1 is 1.43 bits per heavy atom. The van der Waals surface area contributed by atoms with Gasteiger partial charge in [0.15, 0.2) is 5.11 Å². The standard InChI is InChI=1S/C17H24FN3OS/c1-12-10-17(2,3)20-16(23)21(12)9-8-15(22)19-11-13-4-6-14(18)7-5-13/h4-7,12H,8-11H2,1-3H3,(H,19,22)(H,20,23)/t12-/m0/s1. The van der Waals surface area contributed by atoms with Gasteiger partial charge in [-0.25, -0.2) is 4.39 Å². The molecule has 0 bridgehead atoms. The summed E-state index contributed by atoms with van der Waals surface area (Å²) in [6, 6.07) is 6.43. The van der Waals surface area contributed by atoms with Crippen molar-refractivity contribution in [3.05, 3.63) is 35.6 Å². The summed E-state index contributed by atoms with van der Waals surface area (Å²) < 4.78 is 12.8. The SMILES string of the molecule is C[C@H]1CC(C)(C)NC(=S)N1CCC(=O)NCc1ccc(F)cc1. The minimum absolute atomic E-state index is 0.00214. The maximum absolute atomic E-state index is 12.8. The molecule has 1 aliphatic rings. The number of carbonyl (C=O) groups excluding carboxylic acids is 1. The van der Waals surface area contributed by atoms with Gasteiger partial charge in [0.2, 0.25) is 5.91 Å². The molecule has 1 fully saturated rings. The van der Waals surface area contributed by atoms with Gasteiger partial charge in [-0.1, -0.05) is 12.1 Å². The van der Waals surface area contributed by atoms with Crippen LogP contribution in [0, 0.1) is 5.82 Å². The lowest BCUT2D eigenvalue weighted by Gasteiger charge is -2.44. The summed E-state index contributed by atoms with van der Waals surface area (Å²) in [6.07, 6.45) is 1.36. The predicted molar refractivity (Wildman–Crippen MR) is 93.5 cm³/mol. The highest BCUT2D eigenvalue weighted by Crippen LogP contribution is 2.22. The number of nitrogens with one attached hydrogen (secondary N) is 2. The summed E-state index contributed by atoms with van der Waals surface area (Å²) >= 11 is 5.41. The molecular weight excluding hydrogens is 313 g/mol. The molecule has 0 radical (unpaired) electrons. The van der Waals surface area contributed by atoms with Gasteiger partial charge < -0.3 is 15.5 Å². The summed E-state index contributed by atoms with van der Waals surface area (Å²) in [5.41, 5.74) is 0.878. The number of hydrogen-bond donors (Lipinski definition) is 2. The molecule has 126 valence electrons. The minimum Gasteiger partial charge on any atom is -0.358 e. The zero-order valence-corrected chi connectivity index (χ0v) is 14.7. The van der Waals surface area contributed by atoms with Crippen LogP contribution in [0.3, 0.4) is 0 Å². The molecule has 2 rings (SSSR count). The third-order valence-electron chi connectivity index (χ3n) is 4.03. The molecule has 2 N–H and O–H groups in total. The summed E-state index contributed by atoms with van der Waals surface area (Å²) in [5, 5.41) is 6.87. The Balaban J connectivity index is 1.78. The molecule has 0 saturated carbocycles. The summed E-state index contributed by atoms with van der Waals surface area (Å²) in [6.45, 7) is 7.39. The molecule has 1 aromatic carbocycles. The Morgan fingerprint density at radius 2 is 2.09 bits per heavy atom. The van der Waals surface area contributed by atoms with Crippen molar-refractivity contribution in [1.82, 2.24) is 15.5 Å². The fourth-order valence-electron chi connectivity index (χ4n) is 2.90. The number of nitrogens with zero attached hydrogens (tertiary/aromatic N) is 1. The molecule has 23 heavy (non-hydrogen) atoms. The van der Waals surface area contributed by atoms with Gasteiger partial charge >= 0.3 is 0 Å². The van der Waals surface area contributed by atoms with E-state index in [0.717, 1.165) is 12.0 Å². The first kappa shape index (κ1) is 17.7. The van der Waals surface area contributed by atoms with Crippen LogP contribution < -0.4 is 10.6 Å². The first-order valence-electron chi connectivity index (χ1n) is 7.87. The zero-order valence-electron chi connectivity index (χ0n) is 13.9. The normalized spacial score (nSPS) is 20.1. The third kappa shape index (κ3) is 5.16. The van der Waals surface area contributed by atoms with E-state index in [1.165, 1.54) is 12.1 Å². The van der Waals surface area contributed by atoms with E-state index < -0.39 is 0 Å². The second-order valence-electron chi connectivity index (χ2n) is 6.71. The largest absolute Gasteiger partial charge is 0.358 e. The van der Waals surface area contributed by atoms with Crippen LogP contribution in [0.1, 0.15) is 39.2 Å². The second kappa shape index (κ2) is 7.25. The lowest BCUT2D eigenvalue weighted by Crippen LogP contribution is -2.60. The highest BCUT2D eigenvalue weighted by molar-refractivity contribution is 7.80. The maximum Gasteiger partial charge on any atom is 0.222 e. The van der Waals surface area contributed by atoms with Crippen molar-refractivity contribution >= 4 is 23.2 Å². The van der Waals surface area contributed by atoms with E-state index >= 15 is 0 Å². The molecular formula is C17H24FN3OS. The van der Waals surface area contributed by atoms with E-state index in [4.69, 9.17) is 12.2 Å². The van der Waals surface area contributed by atoms with Crippen molar-refractivity contribution in [2.24, 2.45) is 0 Å². The Hall–Kier alpha value is -1.69. The van der Waals surface area contributed by atoms with Crippen LogP contribution in [-0.2, 0) is 11.3 Å². The summed E-state index contributed by atoms with van der Waals surface area (Å²) in [7, 11) is 0. The number of hydrogen-bond acceptors (Lipinski definition) is 2. The smallest absolute Gasteiger partial charge is 0.222 e. The molecule has 0 unspecified atom stereocenters. The topological polar surface area (TPSA) is 44.4 Å². The van der Waals surface area contributed by atoms with Crippen LogP contribution in [-0.4, -0.2) is 34.0 Å². The van der Waals surface area contributed by atoms with Crippen molar-refractivity contribution in [3.8, 4) is 0 Å². The van der Waals surface area contributed by atoms with Crippen molar-refractivity contribution < 1.29 is 9.18 Å². The Labute approximate surface area is 142 Å². The highest BCUT2D eigenvalue weighted by atomic mass is 32.1. The van der Waals surface area contributed by atoms with E-state index in [9.17, 15) is 9.18 Å². The number of benzene rings is 1. The van der Waals surface area contributed by atoms with Gasteiger partial charge in [-0.05, 0) is 57.1 Å². The quantitative estimate of drug-likeness (QED) is 0.811. The van der Waals surface area contributed by atoms with E-state index in [1.54, 1.807) is 12.1 Å². The van der Waals surface area contributed by atoms with Crippen LogP contribution in [0.5, 0.6) is 0 Å². The highest BCUT2D eigenvalue weighted by Gasteiger charge is 2.32. The van der Waals surface area contributed by atoms with E-state index in [0.29, 0.717) is 30.7 Å². The average molecular weight is 337 g/mol. The molecule has 0 aromatic heterocycles. The number of rotatable bonds is 5. The molecule has 0 aliphatic carbocycles. The monoisotopic (exact) mass is 337 g/mol. The van der Waals surface area contributed by atoms with Crippen molar-refractivity contribution in [2.75, 3.05) is 6.54 Å². The minimum atomic E-state index is -0.275. The van der Waals surface area contributed by atoms with Gasteiger partial charge in [-0.2, -0.15) is 0 Å². The summed E-state index contributed by atoms with van der Waals surface area (Å²) in [5.74, 6) is -0.308. The molecule has 1 amide bonds. The van der Waals surface area contributed by atoms with E-state index in [-0.39, 0.29) is 17.3 Å². The lowest BCUT2D eigenvalue weighted by atomic mass is 9.93. The van der Waals surface area contributed by atoms with Crippen molar-refractivity contribution in [3.63, 3.8) is 0 Å². The molecule has 1 heterocycles. The van der Waals surface area contributed by atoms with Gasteiger partial charge in [0.05, 0.1) is 0 Å². The Kier molecular flexibility index (Phi) is 5.57. The molecule has 1 atom stereocenters. The van der Waals surface area contributed by atoms with Gasteiger partial charge in [0.1, 0.15) is 5.82 Å². The predicted octanol–water partition coefficient (Wildman–Crippen LogP) is 2.58. The molecule has 6 heteroatoms. The number of carbonyl (C=O) groups is 1.